The summed E-state index contributed by atoms with van der Waals surface area (Å²) in [5.74, 6) is 0.745. The molecule has 1 aliphatic heterocycles. The average molecular weight is 401 g/mol. The van der Waals surface area contributed by atoms with E-state index in [1.54, 1.807) is 30.3 Å². The van der Waals surface area contributed by atoms with Gasteiger partial charge >= 0.3 is 0 Å². The van der Waals surface area contributed by atoms with Crippen molar-refractivity contribution in [2.45, 2.75) is 23.8 Å². The van der Waals surface area contributed by atoms with Crippen LogP contribution in [-0.4, -0.2) is 32.2 Å². The number of hydrogen-bond acceptors (Lipinski definition) is 7. The Morgan fingerprint density at radius 1 is 1.19 bits per heavy atom. The van der Waals surface area contributed by atoms with Gasteiger partial charge < -0.3 is 4.42 Å². The van der Waals surface area contributed by atoms with E-state index in [2.05, 4.69) is 15.2 Å². The van der Waals surface area contributed by atoms with Gasteiger partial charge in [0, 0.05) is 11.4 Å². The van der Waals surface area contributed by atoms with Crippen LogP contribution in [0.25, 0.3) is 11.5 Å². The lowest BCUT2D eigenvalue weighted by Crippen LogP contribution is -2.31. The molecule has 1 fully saturated rings. The topological polar surface area (TPSA) is 89.2 Å². The quantitative estimate of drug-likeness (QED) is 0.619. The highest BCUT2D eigenvalue weighted by molar-refractivity contribution is 8.00. The third-order valence-corrected chi connectivity index (χ3v) is 5.26. The van der Waals surface area contributed by atoms with Crippen LogP contribution in [0.2, 0.25) is 5.02 Å². The van der Waals surface area contributed by atoms with Gasteiger partial charge in [0.2, 0.25) is 17.0 Å². The van der Waals surface area contributed by atoms with Gasteiger partial charge in [-0.1, -0.05) is 23.4 Å². The largest absolute Gasteiger partial charge is 0.460 e. The predicted octanol–water partition coefficient (Wildman–Crippen LogP) is 3.52. The zero-order valence-corrected chi connectivity index (χ0v) is 15.7. The summed E-state index contributed by atoms with van der Waals surface area (Å²) < 4.78 is 5.54. The monoisotopic (exact) mass is 400 g/mol. The van der Waals surface area contributed by atoms with E-state index < -0.39 is 5.25 Å². The summed E-state index contributed by atoms with van der Waals surface area (Å²) in [5, 5.41) is 8.13. The molecule has 1 saturated heterocycles. The first-order valence-electron chi connectivity index (χ1n) is 8.07. The van der Waals surface area contributed by atoms with Crippen molar-refractivity contribution in [3.8, 4) is 11.5 Å². The number of aromatic nitrogens is 3. The Kier molecular flexibility index (Phi) is 4.67. The highest BCUT2D eigenvalue weighted by Gasteiger charge is 2.40. The summed E-state index contributed by atoms with van der Waals surface area (Å²) in [6.07, 6.45) is 1.56. The number of amides is 2. The molecule has 0 saturated carbocycles. The molecule has 1 aromatic carbocycles. The summed E-state index contributed by atoms with van der Waals surface area (Å²) in [6.45, 7) is 1.84. The van der Waals surface area contributed by atoms with Gasteiger partial charge in [0.1, 0.15) is 16.7 Å². The van der Waals surface area contributed by atoms with Crippen LogP contribution in [0.4, 0.5) is 5.69 Å². The maximum atomic E-state index is 12.7. The van der Waals surface area contributed by atoms with Gasteiger partial charge in [-0.15, -0.1) is 5.10 Å². The molecule has 3 aromatic rings. The Bertz CT molecular complexity index is 1020. The third kappa shape index (κ3) is 3.58. The van der Waals surface area contributed by atoms with E-state index in [0.717, 1.165) is 17.5 Å². The minimum atomic E-state index is -0.608. The second-order valence-electron chi connectivity index (χ2n) is 5.89. The van der Waals surface area contributed by atoms with Crippen molar-refractivity contribution in [2.75, 3.05) is 4.90 Å². The number of carbonyl (C=O) groups excluding carboxylic acids is 2. The van der Waals surface area contributed by atoms with Crippen molar-refractivity contribution in [2.24, 2.45) is 0 Å². The molecule has 1 aliphatic rings. The predicted molar refractivity (Wildman–Crippen MR) is 100 cm³/mol. The summed E-state index contributed by atoms with van der Waals surface area (Å²) in [7, 11) is 0. The highest BCUT2D eigenvalue weighted by atomic mass is 35.5. The lowest BCUT2D eigenvalue weighted by Gasteiger charge is -2.14. The number of carbonyl (C=O) groups is 2. The molecule has 0 aliphatic carbocycles. The molecule has 136 valence electrons. The molecule has 9 heteroatoms. The second-order valence-corrected chi connectivity index (χ2v) is 7.50. The smallest absolute Gasteiger partial charge is 0.247 e. The van der Waals surface area contributed by atoms with Crippen molar-refractivity contribution >= 4 is 40.9 Å². The maximum Gasteiger partial charge on any atom is 0.247 e. The molecule has 2 aromatic heterocycles. The van der Waals surface area contributed by atoms with Crippen LogP contribution in [-0.2, 0) is 9.59 Å². The van der Waals surface area contributed by atoms with Crippen LogP contribution in [0.5, 0.6) is 0 Å². The SMILES string of the molecule is Cc1ccc(-c2cnnc(SC3CC(=O)N(c4ccc(Cl)cc4)C3=O)n2)o1. The van der Waals surface area contributed by atoms with Crippen molar-refractivity contribution in [1.29, 1.82) is 0 Å². The first kappa shape index (κ1) is 17.7. The van der Waals surface area contributed by atoms with Gasteiger partial charge in [-0.3, -0.25) is 9.59 Å². The molecule has 1 unspecified atom stereocenters. The molecule has 3 heterocycles. The van der Waals surface area contributed by atoms with Gasteiger partial charge in [0.05, 0.1) is 11.9 Å². The number of imide groups is 1. The van der Waals surface area contributed by atoms with Crippen molar-refractivity contribution in [3.63, 3.8) is 0 Å². The fourth-order valence-corrected chi connectivity index (χ4v) is 3.77. The molecule has 1 atom stereocenters. The first-order chi connectivity index (χ1) is 13.0. The average Bonchev–Trinajstić information content (AvgIpc) is 3.20. The van der Waals surface area contributed by atoms with Crippen molar-refractivity contribution in [1.82, 2.24) is 15.2 Å². The van der Waals surface area contributed by atoms with Crippen LogP contribution in [0.1, 0.15) is 12.2 Å². The highest BCUT2D eigenvalue weighted by Crippen LogP contribution is 2.33. The Balaban J connectivity index is 1.54. The second kappa shape index (κ2) is 7.13. The summed E-state index contributed by atoms with van der Waals surface area (Å²) in [5.41, 5.74) is 1.02. The maximum absolute atomic E-state index is 12.7. The Labute approximate surface area is 163 Å². The van der Waals surface area contributed by atoms with Gasteiger partial charge in [-0.25, -0.2) is 9.88 Å². The van der Waals surface area contributed by atoms with Crippen LogP contribution in [0.3, 0.4) is 0 Å². The molecule has 0 bridgehead atoms. The fourth-order valence-electron chi connectivity index (χ4n) is 2.71. The zero-order chi connectivity index (χ0) is 19.0. The van der Waals surface area contributed by atoms with E-state index in [0.29, 0.717) is 27.3 Å². The van der Waals surface area contributed by atoms with E-state index in [1.807, 2.05) is 13.0 Å². The molecular weight excluding hydrogens is 388 g/mol. The number of nitrogens with zero attached hydrogens (tertiary/aromatic N) is 4. The van der Waals surface area contributed by atoms with Crippen LogP contribution in [0.15, 0.2) is 52.2 Å². The number of aryl methyl sites for hydroxylation is 1. The normalized spacial score (nSPS) is 17.0. The molecule has 0 radical (unpaired) electrons. The number of anilines is 1. The number of thioether (sulfide) groups is 1. The van der Waals surface area contributed by atoms with E-state index in [-0.39, 0.29) is 18.2 Å². The first-order valence-corrected chi connectivity index (χ1v) is 9.32. The lowest BCUT2D eigenvalue weighted by atomic mass is 10.3. The molecular formula is C18H13ClN4O3S. The molecule has 7 nitrogen and oxygen atoms in total. The van der Waals surface area contributed by atoms with E-state index in [4.69, 9.17) is 16.0 Å². The summed E-state index contributed by atoms with van der Waals surface area (Å²) >= 11 is 6.99. The minimum Gasteiger partial charge on any atom is -0.460 e. The number of halogens is 1. The van der Waals surface area contributed by atoms with Crippen molar-refractivity contribution < 1.29 is 14.0 Å². The van der Waals surface area contributed by atoms with Crippen LogP contribution >= 0.6 is 23.4 Å². The number of hydrogen-bond donors (Lipinski definition) is 0. The Morgan fingerprint density at radius 2 is 1.96 bits per heavy atom. The zero-order valence-electron chi connectivity index (χ0n) is 14.1. The van der Waals surface area contributed by atoms with Gasteiger partial charge in [0.15, 0.2) is 5.76 Å². The Hall–Kier alpha value is -2.71. The van der Waals surface area contributed by atoms with Gasteiger partial charge in [-0.2, -0.15) is 5.10 Å². The minimum absolute atomic E-state index is 0.0690. The number of benzene rings is 1. The van der Waals surface area contributed by atoms with E-state index >= 15 is 0 Å². The molecule has 2 amide bonds. The number of rotatable bonds is 4. The van der Waals surface area contributed by atoms with E-state index in [9.17, 15) is 9.59 Å². The van der Waals surface area contributed by atoms with Crippen LogP contribution in [0, 0.1) is 6.92 Å². The number of furan rings is 1. The molecule has 0 N–H and O–H groups in total. The summed E-state index contributed by atoms with van der Waals surface area (Å²) in [4.78, 5) is 30.6. The van der Waals surface area contributed by atoms with Gasteiger partial charge in [0.25, 0.3) is 0 Å². The van der Waals surface area contributed by atoms with Gasteiger partial charge in [-0.05, 0) is 43.3 Å². The third-order valence-electron chi connectivity index (χ3n) is 3.97. The van der Waals surface area contributed by atoms with Crippen LogP contribution < -0.4 is 4.90 Å². The molecule has 4 rings (SSSR count). The Morgan fingerprint density at radius 3 is 2.67 bits per heavy atom. The molecule has 27 heavy (non-hydrogen) atoms. The fraction of sp³-hybridized carbons (Fsp3) is 0.167. The lowest BCUT2D eigenvalue weighted by molar-refractivity contribution is -0.121. The standard InChI is InChI=1S/C18H13ClN4O3S/c1-10-2-7-14(26-10)13-9-20-22-18(21-13)27-15-8-16(24)23(17(15)25)12-5-3-11(19)4-6-12/h2-7,9,15H,8H2,1H3. The van der Waals surface area contributed by atoms with E-state index in [1.165, 1.54) is 11.1 Å². The summed E-state index contributed by atoms with van der Waals surface area (Å²) in [6, 6.07) is 10.2. The molecule has 0 spiro atoms. The van der Waals surface area contributed by atoms with Crippen molar-refractivity contribution in [3.05, 3.63) is 53.4 Å².